The third kappa shape index (κ3) is 41.5. The monoisotopic (exact) mass is 794 g/mol. The van der Waals surface area contributed by atoms with Gasteiger partial charge in [0.1, 0.15) is 6.10 Å². The van der Waals surface area contributed by atoms with Crippen LogP contribution >= 0.6 is 0 Å². The molecule has 5 nitrogen and oxygen atoms in total. The van der Waals surface area contributed by atoms with Crippen molar-refractivity contribution in [3.63, 3.8) is 0 Å². The Balaban J connectivity index is 3.44. The van der Waals surface area contributed by atoms with Crippen LogP contribution in [0.25, 0.3) is 0 Å². The van der Waals surface area contributed by atoms with E-state index in [2.05, 4.69) is 19.2 Å². The number of aliphatic hydroxyl groups is 3. The first kappa shape index (κ1) is 55.4. The number of unbranched alkanes of at least 4 members (excludes halogenated alkanes) is 40. The molecule has 0 rings (SSSR count). The predicted molar refractivity (Wildman–Crippen MR) is 246 cm³/mol. The molecule has 56 heavy (non-hydrogen) atoms. The van der Waals surface area contributed by atoms with E-state index in [1.807, 2.05) is 0 Å². The average Bonchev–Trinajstić information content (AvgIpc) is 3.20. The highest BCUT2D eigenvalue weighted by Crippen LogP contribution is 2.18. The van der Waals surface area contributed by atoms with Crippen LogP contribution < -0.4 is 5.32 Å². The fourth-order valence-electron chi connectivity index (χ4n) is 8.43. The van der Waals surface area contributed by atoms with Crippen molar-refractivity contribution in [1.29, 1.82) is 0 Å². The highest BCUT2D eigenvalue weighted by molar-refractivity contribution is 5.80. The summed E-state index contributed by atoms with van der Waals surface area (Å²) >= 11 is 0. The van der Waals surface area contributed by atoms with Gasteiger partial charge in [0, 0.05) is 0 Å². The van der Waals surface area contributed by atoms with Crippen LogP contribution in [0.4, 0.5) is 0 Å². The van der Waals surface area contributed by atoms with E-state index in [9.17, 15) is 20.1 Å². The minimum atomic E-state index is -1.07. The van der Waals surface area contributed by atoms with Crippen LogP contribution in [0.5, 0.6) is 0 Å². The van der Waals surface area contributed by atoms with Crippen LogP contribution in [0.1, 0.15) is 296 Å². The molecule has 0 aromatic carbocycles. The quantitative estimate of drug-likeness (QED) is 0.0462. The standard InChI is InChI=1S/C51H103NO4/c1-3-5-7-9-11-13-15-17-18-19-20-21-22-23-24-25-26-27-28-29-30-31-32-33-34-36-38-40-42-44-46-50(55)51(56)52-48(47-53)49(54)45-43-41-39-37-35-16-14-12-10-8-6-4-2/h48-50,53-55H,3-47H2,1-2H3,(H,52,56). The summed E-state index contributed by atoms with van der Waals surface area (Å²) in [6, 6.07) is -0.705. The van der Waals surface area contributed by atoms with Crippen molar-refractivity contribution in [2.75, 3.05) is 6.61 Å². The lowest BCUT2D eigenvalue weighted by Crippen LogP contribution is -2.49. The minimum absolute atomic E-state index is 0.308. The van der Waals surface area contributed by atoms with Crippen LogP contribution in [0.15, 0.2) is 0 Å². The molecule has 0 saturated carbocycles. The van der Waals surface area contributed by atoms with Crippen molar-refractivity contribution in [2.45, 2.75) is 315 Å². The second-order valence-electron chi connectivity index (χ2n) is 18.1. The first-order valence-electron chi connectivity index (χ1n) is 25.8. The second kappa shape index (κ2) is 47.0. The van der Waals surface area contributed by atoms with E-state index in [1.54, 1.807) is 0 Å². The number of amides is 1. The van der Waals surface area contributed by atoms with Gasteiger partial charge in [-0.15, -0.1) is 0 Å². The molecule has 0 bridgehead atoms. The third-order valence-electron chi connectivity index (χ3n) is 12.5. The molecule has 1 amide bonds. The van der Waals surface area contributed by atoms with Gasteiger partial charge >= 0.3 is 0 Å². The van der Waals surface area contributed by atoms with E-state index in [4.69, 9.17) is 0 Å². The zero-order chi connectivity index (χ0) is 40.8. The number of hydrogen-bond donors (Lipinski definition) is 4. The van der Waals surface area contributed by atoms with Gasteiger partial charge in [-0.3, -0.25) is 4.79 Å². The zero-order valence-electron chi connectivity index (χ0n) is 38.3. The minimum Gasteiger partial charge on any atom is -0.394 e. The normalized spacial score (nSPS) is 13.3. The molecule has 0 aliphatic carbocycles. The molecule has 0 aliphatic heterocycles. The Labute approximate surface area is 351 Å². The molecule has 0 aromatic heterocycles. The predicted octanol–water partition coefficient (Wildman–Crippen LogP) is 15.4. The van der Waals surface area contributed by atoms with Gasteiger partial charge in [0.15, 0.2) is 0 Å². The Morgan fingerprint density at radius 3 is 0.804 bits per heavy atom. The van der Waals surface area contributed by atoms with Gasteiger partial charge in [-0.1, -0.05) is 284 Å². The molecule has 4 N–H and O–H groups in total. The molecule has 3 unspecified atom stereocenters. The van der Waals surface area contributed by atoms with Crippen molar-refractivity contribution >= 4 is 5.91 Å². The van der Waals surface area contributed by atoms with Crippen molar-refractivity contribution in [1.82, 2.24) is 5.32 Å². The van der Waals surface area contributed by atoms with Gasteiger partial charge in [0.05, 0.1) is 18.8 Å². The fraction of sp³-hybridized carbons (Fsp3) is 0.980. The topological polar surface area (TPSA) is 89.8 Å². The van der Waals surface area contributed by atoms with Crippen molar-refractivity contribution in [2.24, 2.45) is 0 Å². The molecule has 3 atom stereocenters. The highest BCUT2D eigenvalue weighted by atomic mass is 16.3. The maximum absolute atomic E-state index is 12.5. The van der Waals surface area contributed by atoms with Gasteiger partial charge < -0.3 is 20.6 Å². The number of carbonyl (C=O) groups excluding carboxylic acids is 1. The summed E-state index contributed by atoms with van der Waals surface area (Å²) < 4.78 is 0. The lowest BCUT2D eigenvalue weighted by atomic mass is 10.0. The zero-order valence-corrected chi connectivity index (χ0v) is 38.3. The van der Waals surface area contributed by atoms with Crippen LogP contribution in [-0.4, -0.2) is 46.1 Å². The SMILES string of the molecule is CCCCCCCCCCCCCCCCCCCCCCCCCCCCCCCCC(O)C(=O)NC(CO)C(O)CCCCCCCCCCCCCC. The van der Waals surface area contributed by atoms with E-state index < -0.39 is 24.2 Å². The largest absolute Gasteiger partial charge is 0.394 e. The van der Waals surface area contributed by atoms with Crippen LogP contribution in [-0.2, 0) is 4.79 Å². The third-order valence-corrected chi connectivity index (χ3v) is 12.5. The molecule has 0 spiro atoms. The van der Waals surface area contributed by atoms with Gasteiger partial charge in [-0.25, -0.2) is 0 Å². The molecule has 0 heterocycles. The molecule has 0 aliphatic rings. The first-order valence-corrected chi connectivity index (χ1v) is 25.8. The number of carbonyl (C=O) groups is 1. The van der Waals surface area contributed by atoms with Crippen molar-refractivity contribution in [3.8, 4) is 0 Å². The molecule has 0 fully saturated rings. The number of hydrogen-bond acceptors (Lipinski definition) is 4. The summed E-state index contributed by atoms with van der Waals surface area (Å²) in [5.41, 5.74) is 0. The Morgan fingerprint density at radius 1 is 0.357 bits per heavy atom. The second-order valence-corrected chi connectivity index (χ2v) is 18.1. The molecule has 5 heteroatoms. The molecular weight excluding hydrogens is 691 g/mol. The Hall–Kier alpha value is -0.650. The summed E-state index contributed by atoms with van der Waals surface area (Å²) in [5.74, 6) is -0.465. The number of aliphatic hydroxyl groups excluding tert-OH is 3. The Kier molecular flexibility index (Phi) is 46.5. The molecule has 0 radical (unpaired) electrons. The molecule has 0 aromatic rings. The van der Waals surface area contributed by atoms with Gasteiger partial charge in [-0.2, -0.15) is 0 Å². The van der Waals surface area contributed by atoms with Crippen molar-refractivity contribution < 1.29 is 20.1 Å². The maximum atomic E-state index is 12.5. The Morgan fingerprint density at radius 2 is 0.571 bits per heavy atom. The Bertz CT molecular complexity index is 747. The summed E-state index contributed by atoms with van der Waals surface area (Å²) in [4.78, 5) is 12.5. The van der Waals surface area contributed by atoms with E-state index in [1.165, 1.54) is 238 Å². The van der Waals surface area contributed by atoms with E-state index in [0.717, 1.165) is 32.1 Å². The molecular formula is C51H103NO4. The van der Waals surface area contributed by atoms with Crippen LogP contribution in [0.2, 0.25) is 0 Å². The van der Waals surface area contributed by atoms with Gasteiger partial charge in [-0.05, 0) is 12.8 Å². The summed E-state index contributed by atoms with van der Waals surface area (Å²) in [5, 5.41) is 33.3. The lowest BCUT2D eigenvalue weighted by Gasteiger charge is -2.23. The first-order chi connectivity index (χ1) is 27.6. The molecule has 0 saturated heterocycles. The maximum Gasteiger partial charge on any atom is 0.249 e. The lowest BCUT2D eigenvalue weighted by molar-refractivity contribution is -0.131. The van der Waals surface area contributed by atoms with Gasteiger partial charge in [0.2, 0.25) is 5.91 Å². The number of rotatable bonds is 48. The summed E-state index contributed by atoms with van der Waals surface area (Å²) in [6.07, 6.45) is 55.7. The van der Waals surface area contributed by atoms with E-state index in [0.29, 0.717) is 12.8 Å². The fourth-order valence-corrected chi connectivity index (χ4v) is 8.43. The van der Waals surface area contributed by atoms with E-state index >= 15 is 0 Å². The van der Waals surface area contributed by atoms with Crippen LogP contribution in [0, 0.1) is 0 Å². The summed E-state index contributed by atoms with van der Waals surface area (Å²) in [7, 11) is 0. The average molecular weight is 794 g/mol. The molecule has 336 valence electrons. The highest BCUT2D eigenvalue weighted by Gasteiger charge is 2.23. The van der Waals surface area contributed by atoms with E-state index in [-0.39, 0.29) is 6.61 Å². The van der Waals surface area contributed by atoms with Crippen LogP contribution in [0.3, 0.4) is 0 Å². The van der Waals surface area contributed by atoms with Crippen molar-refractivity contribution in [3.05, 3.63) is 0 Å². The number of nitrogens with one attached hydrogen (secondary N) is 1. The van der Waals surface area contributed by atoms with Gasteiger partial charge in [0.25, 0.3) is 0 Å². The smallest absolute Gasteiger partial charge is 0.249 e. The summed E-state index contributed by atoms with van der Waals surface area (Å²) in [6.45, 7) is 4.25.